The van der Waals surface area contributed by atoms with Crippen LogP contribution >= 0.6 is 0 Å². The highest BCUT2D eigenvalue weighted by atomic mass is 19.4. The van der Waals surface area contributed by atoms with Crippen molar-refractivity contribution in [1.29, 1.82) is 0 Å². The number of nitrogens with one attached hydrogen (secondary N) is 1. The largest absolute Gasteiger partial charge is 0.416 e. The quantitative estimate of drug-likeness (QED) is 0.715. The Morgan fingerprint density at radius 1 is 0.905 bits per heavy atom. The fraction of sp³-hybridized carbons (Fsp3) is 0.0625. The molecule has 0 unspecified atom stereocenters. The number of pyridine rings is 1. The minimum atomic E-state index is -4.38. The fourth-order valence-corrected chi connectivity index (χ4v) is 2.20. The molecule has 21 heavy (non-hydrogen) atoms. The molecule has 2 aromatic carbocycles. The third-order valence-corrected chi connectivity index (χ3v) is 3.28. The minimum absolute atomic E-state index is 0.326. The number of rotatable bonds is 1. The molecular weight excluding hydrogens is 279 g/mol. The van der Waals surface area contributed by atoms with Crippen LogP contribution in [0.2, 0.25) is 0 Å². The van der Waals surface area contributed by atoms with Gasteiger partial charge in [0.05, 0.1) is 5.56 Å². The van der Waals surface area contributed by atoms with E-state index in [0.29, 0.717) is 16.6 Å². The lowest BCUT2D eigenvalue weighted by Crippen LogP contribution is -2.09. The van der Waals surface area contributed by atoms with Crippen molar-refractivity contribution in [2.45, 2.75) is 6.18 Å². The molecule has 0 bridgehead atoms. The summed E-state index contributed by atoms with van der Waals surface area (Å²) in [5, 5.41) is 0.826. The van der Waals surface area contributed by atoms with Crippen LogP contribution in [0, 0.1) is 0 Å². The molecule has 0 saturated heterocycles. The van der Waals surface area contributed by atoms with Crippen LogP contribution in [0.15, 0.2) is 59.4 Å². The zero-order valence-corrected chi connectivity index (χ0v) is 10.7. The second-order valence-corrected chi connectivity index (χ2v) is 4.67. The van der Waals surface area contributed by atoms with E-state index in [-0.39, 0.29) is 5.56 Å². The highest BCUT2D eigenvalue weighted by Crippen LogP contribution is 2.30. The SMILES string of the molecule is O=c1[nH]c2ccccc2cc1-c1ccc(C(F)(F)F)cc1. The lowest BCUT2D eigenvalue weighted by molar-refractivity contribution is -0.137. The fourth-order valence-electron chi connectivity index (χ4n) is 2.20. The predicted molar refractivity (Wildman–Crippen MR) is 75.0 cm³/mol. The molecule has 0 saturated carbocycles. The van der Waals surface area contributed by atoms with Gasteiger partial charge >= 0.3 is 6.18 Å². The van der Waals surface area contributed by atoms with E-state index < -0.39 is 11.7 Å². The molecule has 0 spiro atoms. The normalized spacial score (nSPS) is 11.8. The summed E-state index contributed by atoms with van der Waals surface area (Å²) >= 11 is 0. The van der Waals surface area contributed by atoms with Crippen molar-refractivity contribution in [2.75, 3.05) is 0 Å². The second kappa shape index (κ2) is 4.77. The maximum Gasteiger partial charge on any atom is 0.416 e. The number of hydrogen-bond donors (Lipinski definition) is 1. The van der Waals surface area contributed by atoms with Gasteiger partial charge in [0, 0.05) is 11.1 Å². The van der Waals surface area contributed by atoms with Gasteiger partial charge in [-0.05, 0) is 35.2 Å². The lowest BCUT2D eigenvalue weighted by atomic mass is 10.0. The summed E-state index contributed by atoms with van der Waals surface area (Å²) < 4.78 is 37.6. The van der Waals surface area contributed by atoms with E-state index in [1.165, 1.54) is 12.1 Å². The summed E-state index contributed by atoms with van der Waals surface area (Å²) in [5.74, 6) is 0. The molecule has 0 radical (unpaired) electrons. The molecule has 3 rings (SSSR count). The van der Waals surface area contributed by atoms with Gasteiger partial charge in [-0.3, -0.25) is 4.79 Å². The highest BCUT2D eigenvalue weighted by molar-refractivity contribution is 5.83. The number of para-hydroxylation sites is 1. The Labute approximate surface area is 117 Å². The molecule has 0 fully saturated rings. The van der Waals surface area contributed by atoms with Gasteiger partial charge in [0.25, 0.3) is 5.56 Å². The van der Waals surface area contributed by atoms with E-state index in [9.17, 15) is 18.0 Å². The molecule has 0 amide bonds. The molecule has 106 valence electrons. The van der Waals surface area contributed by atoms with Crippen molar-refractivity contribution < 1.29 is 13.2 Å². The Hall–Kier alpha value is -2.56. The molecule has 5 heteroatoms. The third kappa shape index (κ3) is 2.54. The van der Waals surface area contributed by atoms with Gasteiger partial charge in [-0.2, -0.15) is 13.2 Å². The van der Waals surface area contributed by atoms with Gasteiger partial charge in [-0.1, -0.05) is 30.3 Å². The Bertz CT molecular complexity index is 848. The first kappa shape index (κ1) is 13.4. The van der Waals surface area contributed by atoms with Crippen LogP contribution in [0.3, 0.4) is 0 Å². The van der Waals surface area contributed by atoms with Crippen molar-refractivity contribution in [3.8, 4) is 11.1 Å². The van der Waals surface area contributed by atoms with Gasteiger partial charge in [0.1, 0.15) is 0 Å². The lowest BCUT2D eigenvalue weighted by Gasteiger charge is -2.08. The summed E-state index contributed by atoms with van der Waals surface area (Å²) in [6.45, 7) is 0. The Balaban J connectivity index is 2.12. The minimum Gasteiger partial charge on any atom is -0.321 e. The third-order valence-electron chi connectivity index (χ3n) is 3.28. The molecule has 2 nitrogen and oxygen atoms in total. The number of hydrogen-bond acceptors (Lipinski definition) is 1. The van der Waals surface area contributed by atoms with Crippen LogP contribution in [-0.2, 0) is 6.18 Å². The van der Waals surface area contributed by atoms with E-state index >= 15 is 0 Å². The average Bonchev–Trinajstić information content (AvgIpc) is 2.46. The predicted octanol–water partition coefficient (Wildman–Crippen LogP) is 4.21. The van der Waals surface area contributed by atoms with Gasteiger partial charge in [-0.15, -0.1) is 0 Å². The average molecular weight is 289 g/mol. The maximum absolute atomic E-state index is 12.5. The smallest absolute Gasteiger partial charge is 0.321 e. The number of halogens is 3. The van der Waals surface area contributed by atoms with Crippen LogP contribution in [-0.4, -0.2) is 4.98 Å². The number of H-pyrrole nitrogens is 1. The molecule has 0 aliphatic heterocycles. The van der Waals surface area contributed by atoms with Crippen molar-refractivity contribution in [1.82, 2.24) is 4.98 Å². The highest BCUT2D eigenvalue weighted by Gasteiger charge is 2.30. The number of benzene rings is 2. The Morgan fingerprint density at radius 3 is 2.24 bits per heavy atom. The van der Waals surface area contributed by atoms with Gasteiger partial charge in [0.15, 0.2) is 0 Å². The summed E-state index contributed by atoms with van der Waals surface area (Å²) in [7, 11) is 0. The van der Waals surface area contributed by atoms with Gasteiger partial charge in [0.2, 0.25) is 0 Å². The summed E-state index contributed by atoms with van der Waals surface area (Å²) in [6, 6.07) is 13.5. The van der Waals surface area contributed by atoms with Crippen LogP contribution in [0.4, 0.5) is 13.2 Å². The summed E-state index contributed by atoms with van der Waals surface area (Å²) in [5.41, 5.74) is 0.438. The van der Waals surface area contributed by atoms with Crippen molar-refractivity contribution in [3.05, 3.63) is 70.5 Å². The van der Waals surface area contributed by atoms with Gasteiger partial charge < -0.3 is 4.98 Å². The zero-order chi connectivity index (χ0) is 15.0. The first-order valence-electron chi connectivity index (χ1n) is 6.25. The second-order valence-electron chi connectivity index (χ2n) is 4.67. The first-order valence-corrected chi connectivity index (χ1v) is 6.25. The van der Waals surface area contributed by atoms with E-state index in [1.807, 2.05) is 12.1 Å². The van der Waals surface area contributed by atoms with E-state index in [4.69, 9.17) is 0 Å². The van der Waals surface area contributed by atoms with Crippen LogP contribution in [0.1, 0.15) is 5.56 Å². The molecule has 1 aromatic heterocycles. The molecule has 1 heterocycles. The molecule has 0 atom stereocenters. The Kier molecular flexibility index (Phi) is 3.05. The van der Waals surface area contributed by atoms with Crippen LogP contribution in [0.25, 0.3) is 22.0 Å². The summed E-state index contributed by atoms with van der Waals surface area (Å²) in [6.07, 6.45) is -4.38. The standard InChI is InChI=1S/C16H10F3NO/c17-16(18,19)12-7-5-10(6-8-12)13-9-11-3-1-2-4-14(11)20-15(13)21/h1-9H,(H,20,21). The Morgan fingerprint density at radius 2 is 1.57 bits per heavy atom. The van der Waals surface area contributed by atoms with E-state index in [2.05, 4.69) is 4.98 Å². The van der Waals surface area contributed by atoms with Crippen LogP contribution < -0.4 is 5.56 Å². The number of fused-ring (bicyclic) bond motifs is 1. The molecule has 0 aliphatic rings. The molecule has 0 aliphatic carbocycles. The number of alkyl halides is 3. The molecular formula is C16H10F3NO. The monoisotopic (exact) mass is 289 g/mol. The van der Waals surface area contributed by atoms with Crippen molar-refractivity contribution >= 4 is 10.9 Å². The van der Waals surface area contributed by atoms with E-state index in [0.717, 1.165) is 17.5 Å². The zero-order valence-electron chi connectivity index (χ0n) is 10.7. The first-order chi connectivity index (χ1) is 9.95. The maximum atomic E-state index is 12.5. The van der Waals surface area contributed by atoms with Gasteiger partial charge in [-0.25, -0.2) is 0 Å². The van der Waals surface area contributed by atoms with Crippen LogP contribution in [0.5, 0.6) is 0 Å². The number of aromatic nitrogens is 1. The van der Waals surface area contributed by atoms with Crippen molar-refractivity contribution in [2.24, 2.45) is 0 Å². The molecule has 1 N–H and O–H groups in total. The van der Waals surface area contributed by atoms with E-state index in [1.54, 1.807) is 18.2 Å². The van der Waals surface area contributed by atoms with Crippen molar-refractivity contribution in [3.63, 3.8) is 0 Å². The molecule has 3 aromatic rings. The topological polar surface area (TPSA) is 32.9 Å². The number of aromatic amines is 1. The summed E-state index contributed by atoms with van der Waals surface area (Å²) in [4.78, 5) is 14.8.